The third-order valence-electron chi connectivity index (χ3n) is 2.36. The molecule has 2 rings (SSSR count). The lowest BCUT2D eigenvalue weighted by Crippen LogP contribution is -1.96. The highest BCUT2D eigenvalue weighted by Crippen LogP contribution is 2.26. The van der Waals surface area contributed by atoms with E-state index in [2.05, 4.69) is 31.9 Å². The van der Waals surface area contributed by atoms with Gasteiger partial charge in [0.05, 0.1) is 25.6 Å². The molecule has 2 aromatic rings. The molecule has 116 valence electrons. The van der Waals surface area contributed by atoms with Gasteiger partial charge in [-0.15, -0.1) is 0 Å². The van der Waals surface area contributed by atoms with Gasteiger partial charge < -0.3 is 10.2 Å². The molecule has 0 bridgehead atoms. The first kappa shape index (κ1) is 19.0. The average Bonchev–Trinajstić information content (AvgIpc) is 2.45. The molecule has 0 aliphatic heterocycles. The summed E-state index contributed by atoms with van der Waals surface area (Å²) in [6.07, 6.45) is 0. The Balaban J connectivity index is 0.000000220. The van der Waals surface area contributed by atoms with E-state index in [0.717, 1.165) is 0 Å². The molecule has 0 saturated heterocycles. The van der Waals surface area contributed by atoms with E-state index in [1.807, 2.05) is 0 Å². The maximum absolute atomic E-state index is 10.5. The van der Waals surface area contributed by atoms with Crippen LogP contribution in [-0.4, -0.2) is 22.2 Å². The van der Waals surface area contributed by atoms with Crippen LogP contribution in [0, 0.1) is 0 Å². The van der Waals surface area contributed by atoms with E-state index in [0.29, 0.717) is 14.0 Å². The molecular formula is C14H8Br2Cl2O4. The van der Waals surface area contributed by atoms with E-state index < -0.39 is 11.9 Å². The molecule has 22 heavy (non-hydrogen) atoms. The minimum absolute atomic E-state index is 0.112. The molecule has 0 aliphatic rings. The highest BCUT2D eigenvalue weighted by atomic mass is 79.9. The Morgan fingerprint density at radius 1 is 0.864 bits per heavy atom. The smallest absolute Gasteiger partial charge is 0.337 e. The number of carboxylic acid groups (broad SMARTS) is 2. The molecule has 0 spiro atoms. The summed E-state index contributed by atoms with van der Waals surface area (Å²) in [5, 5.41) is 17.8. The quantitative estimate of drug-likeness (QED) is 0.599. The molecule has 0 saturated carbocycles. The summed E-state index contributed by atoms with van der Waals surface area (Å²) < 4.78 is 1.02. The van der Waals surface area contributed by atoms with Crippen LogP contribution in [0.1, 0.15) is 20.7 Å². The second-order valence-corrected chi connectivity index (χ2v) is 6.25. The molecule has 2 N–H and O–H groups in total. The van der Waals surface area contributed by atoms with Gasteiger partial charge in [0.2, 0.25) is 0 Å². The van der Waals surface area contributed by atoms with Crippen molar-refractivity contribution in [3.05, 3.63) is 66.5 Å². The summed E-state index contributed by atoms with van der Waals surface area (Å²) in [6.45, 7) is 0. The number of halogens is 4. The molecular weight excluding hydrogens is 463 g/mol. The second-order valence-electron chi connectivity index (χ2n) is 3.81. The molecule has 0 fully saturated rings. The lowest BCUT2D eigenvalue weighted by molar-refractivity contribution is 0.0685. The van der Waals surface area contributed by atoms with Gasteiger partial charge in [-0.05, 0) is 56.1 Å². The first-order chi connectivity index (χ1) is 10.3. The zero-order valence-electron chi connectivity index (χ0n) is 10.7. The van der Waals surface area contributed by atoms with E-state index in [1.165, 1.54) is 12.1 Å². The Morgan fingerprint density at radius 2 is 1.36 bits per heavy atom. The molecule has 0 aromatic heterocycles. The summed E-state index contributed by atoms with van der Waals surface area (Å²) in [5.41, 5.74) is 0.290. The van der Waals surface area contributed by atoms with E-state index in [4.69, 9.17) is 33.4 Å². The average molecular weight is 471 g/mol. The summed E-state index contributed by atoms with van der Waals surface area (Å²) in [6, 6.07) is 9.47. The van der Waals surface area contributed by atoms with Crippen molar-refractivity contribution in [2.45, 2.75) is 0 Å². The molecule has 4 nitrogen and oxygen atoms in total. The van der Waals surface area contributed by atoms with Crippen molar-refractivity contribution in [1.29, 1.82) is 0 Å². The lowest BCUT2D eigenvalue weighted by Gasteiger charge is -1.98. The minimum atomic E-state index is -1.02. The van der Waals surface area contributed by atoms with Crippen LogP contribution in [0.15, 0.2) is 45.3 Å². The van der Waals surface area contributed by atoms with Crippen molar-refractivity contribution < 1.29 is 19.8 Å². The van der Waals surface area contributed by atoms with Crippen LogP contribution in [0.4, 0.5) is 0 Å². The lowest BCUT2D eigenvalue weighted by atomic mass is 10.2. The van der Waals surface area contributed by atoms with Crippen molar-refractivity contribution in [2.24, 2.45) is 0 Å². The Kier molecular flexibility index (Phi) is 7.35. The van der Waals surface area contributed by atoms with Gasteiger partial charge in [0.25, 0.3) is 0 Å². The highest BCUT2D eigenvalue weighted by molar-refractivity contribution is 9.11. The molecule has 0 amide bonds. The third kappa shape index (κ3) is 4.98. The van der Waals surface area contributed by atoms with E-state index in [9.17, 15) is 9.59 Å². The third-order valence-corrected chi connectivity index (χ3v) is 5.06. The van der Waals surface area contributed by atoms with Crippen LogP contribution in [0.5, 0.6) is 0 Å². The molecule has 2 aromatic carbocycles. The summed E-state index contributed by atoms with van der Waals surface area (Å²) >= 11 is 17.5. The van der Waals surface area contributed by atoms with Crippen LogP contribution < -0.4 is 0 Å². The largest absolute Gasteiger partial charge is 0.478 e. The topological polar surface area (TPSA) is 74.6 Å². The monoisotopic (exact) mass is 468 g/mol. The maximum Gasteiger partial charge on any atom is 0.337 e. The first-order valence-corrected chi connectivity index (χ1v) is 7.94. The van der Waals surface area contributed by atoms with Crippen molar-refractivity contribution in [2.75, 3.05) is 0 Å². The SMILES string of the molecule is O=C(O)c1cccc(Br)c1Cl.O=C(O)c1cccc(Cl)c1Br. The number of aromatic carboxylic acids is 2. The molecule has 0 unspecified atom stereocenters. The number of hydrogen-bond acceptors (Lipinski definition) is 2. The van der Waals surface area contributed by atoms with Gasteiger partial charge in [-0.2, -0.15) is 0 Å². The zero-order chi connectivity index (χ0) is 16.9. The highest BCUT2D eigenvalue weighted by Gasteiger charge is 2.10. The van der Waals surface area contributed by atoms with Gasteiger partial charge in [0.1, 0.15) is 0 Å². The van der Waals surface area contributed by atoms with Gasteiger partial charge >= 0.3 is 11.9 Å². The van der Waals surface area contributed by atoms with Crippen molar-refractivity contribution >= 4 is 67.0 Å². The van der Waals surface area contributed by atoms with Crippen LogP contribution >= 0.6 is 55.1 Å². The van der Waals surface area contributed by atoms with Crippen LogP contribution in [0.25, 0.3) is 0 Å². The molecule has 0 atom stereocenters. The Labute approximate surface area is 152 Å². The fourth-order valence-corrected chi connectivity index (χ4v) is 2.52. The van der Waals surface area contributed by atoms with Crippen molar-refractivity contribution in [1.82, 2.24) is 0 Å². The normalized spacial score (nSPS) is 9.64. The Morgan fingerprint density at radius 3 is 1.82 bits per heavy atom. The maximum atomic E-state index is 10.5. The second kappa shape index (κ2) is 8.53. The van der Waals surface area contributed by atoms with Gasteiger partial charge in [-0.25, -0.2) is 9.59 Å². The molecule has 8 heteroatoms. The standard InChI is InChI=1S/2C7H4BrClO2/c8-6-4(7(10)11)2-1-3-5(6)9;8-5-3-1-2-4(6(5)9)7(10)11/h2*1-3H,(H,10,11). The number of hydrogen-bond donors (Lipinski definition) is 2. The van der Waals surface area contributed by atoms with E-state index in [1.54, 1.807) is 24.3 Å². The predicted molar refractivity (Wildman–Crippen MR) is 92.2 cm³/mol. The summed E-state index contributed by atoms with van der Waals surface area (Å²) in [4.78, 5) is 21.0. The summed E-state index contributed by atoms with van der Waals surface area (Å²) in [5.74, 6) is -2.00. The van der Waals surface area contributed by atoms with Crippen molar-refractivity contribution in [3.8, 4) is 0 Å². The summed E-state index contributed by atoms with van der Waals surface area (Å²) in [7, 11) is 0. The molecule has 0 aliphatic carbocycles. The van der Waals surface area contributed by atoms with Crippen molar-refractivity contribution in [3.63, 3.8) is 0 Å². The number of rotatable bonds is 2. The molecule has 0 heterocycles. The van der Waals surface area contributed by atoms with Crippen LogP contribution in [0.3, 0.4) is 0 Å². The van der Waals surface area contributed by atoms with Gasteiger partial charge in [-0.1, -0.05) is 35.3 Å². The fraction of sp³-hybridized carbons (Fsp3) is 0. The molecule has 0 radical (unpaired) electrons. The number of carbonyl (C=O) groups is 2. The van der Waals surface area contributed by atoms with Crippen LogP contribution in [0.2, 0.25) is 10.0 Å². The van der Waals surface area contributed by atoms with Crippen LogP contribution in [-0.2, 0) is 0 Å². The van der Waals surface area contributed by atoms with Gasteiger partial charge in [0, 0.05) is 4.47 Å². The van der Waals surface area contributed by atoms with Gasteiger partial charge in [0.15, 0.2) is 0 Å². The van der Waals surface area contributed by atoms with Gasteiger partial charge in [-0.3, -0.25) is 0 Å². The first-order valence-electron chi connectivity index (χ1n) is 5.60. The minimum Gasteiger partial charge on any atom is -0.478 e. The Hall–Kier alpha value is -1.08. The fourth-order valence-electron chi connectivity index (χ4n) is 1.34. The number of benzene rings is 2. The number of carboxylic acids is 2. The predicted octanol–water partition coefficient (Wildman–Crippen LogP) is 5.60. The Bertz CT molecular complexity index is 658. The van der Waals surface area contributed by atoms with E-state index >= 15 is 0 Å². The van der Waals surface area contributed by atoms with E-state index in [-0.39, 0.29) is 16.1 Å². The zero-order valence-corrected chi connectivity index (χ0v) is 15.4.